The molecule has 0 bridgehead atoms. The molecule has 1 heterocycles. The van der Waals surface area contributed by atoms with Crippen LogP contribution in [0.15, 0.2) is 28.8 Å². The normalized spacial score (nSPS) is 14.6. The number of carbonyl (C=O) groups is 1. The first-order valence-electron chi connectivity index (χ1n) is 5.38. The molecule has 0 fully saturated rings. The molecule has 4 nitrogen and oxygen atoms in total. The maximum absolute atomic E-state index is 11.5. The molecule has 0 aromatic heterocycles. The number of para-hydroxylation sites is 1. The Balaban J connectivity index is 2.39. The lowest BCUT2D eigenvalue weighted by molar-refractivity contribution is -0.112. The number of hydrogen-bond donors (Lipinski definition) is 1. The predicted octanol–water partition coefficient (Wildman–Crippen LogP) is 2.47. The number of benzene rings is 1. The van der Waals surface area contributed by atoms with Gasteiger partial charge >= 0.3 is 0 Å². The Labute approximate surface area is 110 Å². The first-order valence-corrected chi connectivity index (χ1v) is 6.37. The Morgan fingerprint density at radius 1 is 1.50 bits per heavy atom. The quantitative estimate of drug-likeness (QED) is 0.904. The van der Waals surface area contributed by atoms with Crippen LogP contribution >= 0.6 is 11.8 Å². The van der Waals surface area contributed by atoms with Crippen molar-refractivity contribution in [3.63, 3.8) is 0 Å². The largest absolute Gasteiger partial charge is 0.495 e. The lowest BCUT2D eigenvalue weighted by Gasteiger charge is -2.13. The van der Waals surface area contributed by atoms with Gasteiger partial charge < -0.3 is 10.1 Å². The van der Waals surface area contributed by atoms with E-state index in [9.17, 15) is 4.79 Å². The van der Waals surface area contributed by atoms with Gasteiger partial charge in [0.15, 0.2) is 5.78 Å². The van der Waals surface area contributed by atoms with E-state index < -0.39 is 0 Å². The average Bonchev–Trinajstić information content (AvgIpc) is 2.72. The van der Waals surface area contributed by atoms with Crippen LogP contribution in [-0.4, -0.2) is 18.6 Å². The highest BCUT2D eigenvalue weighted by atomic mass is 32.2. The van der Waals surface area contributed by atoms with Crippen LogP contribution in [0, 0.1) is 18.3 Å². The van der Waals surface area contributed by atoms with Gasteiger partial charge in [0, 0.05) is 0 Å². The summed E-state index contributed by atoms with van der Waals surface area (Å²) in [6.45, 7) is 1.94. The van der Waals surface area contributed by atoms with Crippen LogP contribution in [0.3, 0.4) is 0 Å². The van der Waals surface area contributed by atoms with Crippen molar-refractivity contribution < 1.29 is 9.53 Å². The van der Waals surface area contributed by atoms with Gasteiger partial charge in [-0.2, -0.15) is 5.26 Å². The molecule has 2 rings (SSSR count). The zero-order chi connectivity index (χ0) is 13.1. The molecule has 1 aliphatic heterocycles. The zero-order valence-electron chi connectivity index (χ0n) is 10.1. The van der Waals surface area contributed by atoms with E-state index in [0.717, 1.165) is 11.3 Å². The first-order chi connectivity index (χ1) is 8.67. The number of anilines is 1. The summed E-state index contributed by atoms with van der Waals surface area (Å²) in [5, 5.41) is 12.7. The van der Waals surface area contributed by atoms with E-state index in [1.807, 2.05) is 31.2 Å². The highest BCUT2D eigenvalue weighted by Gasteiger charge is 2.24. The summed E-state index contributed by atoms with van der Waals surface area (Å²) in [5.41, 5.74) is 1.99. The number of ether oxygens (including phenoxy) is 1. The second kappa shape index (κ2) is 5.15. The fourth-order valence-corrected chi connectivity index (χ4v) is 2.60. The number of ketones is 1. The molecule has 0 unspecified atom stereocenters. The molecule has 0 saturated heterocycles. The zero-order valence-corrected chi connectivity index (χ0v) is 10.9. The van der Waals surface area contributed by atoms with Gasteiger partial charge in [0.2, 0.25) is 0 Å². The SMILES string of the molecule is COc1cccc(C)c1NC1=C(C#N)C(=O)CS1. The maximum atomic E-state index is 11.5. The van der Waals surface area contributed by atoms with E-state index in [0.29, 0.717) is 16.5 Å². The third-order valence-electron chi connectivity index (χ3n) is 2.66. The molecular weight excluding hydrogens is 248 g/mol. The van der Waals surface area contributed by atoms with E-state index in [-0.39, 0.29) is 11.4 Å². The number of nitrogens with zero attached hydrogens (tertiary/aromatic N) is 1. The van der Waals surface area contributed by atoms with Crippen LogP contribution in [-0.2, 0) is 4.79 Å². The number of thioether (sulfide) groups is 1. The number of methoxy groups -OCH3 is 1. The Hall–Kier alpha value is -1.93. The van der Waals surface area contributed by atoms with Crippen LogP contribution in [0.1, 0.15) is 5.56 Å². The van der Waals surface area contributed by atoms with E-state index >= 15 is 0 Å². The molecule has 1 aromatic carbocycles. The molecular formula is C13H12N2O2S. The van der Waals surface area contributed by atoms with Gasteiger partial charge in [0.05, 0.1) is 23.6 Å². The van der Waals surface area contributed by atoms with Crippen LogP contribution in [0.5, 0.6) is 5.75 Å². The van der Waals surface area contributed by atoms with E-state index in [4.69, 9.17) is 10.00 Å². The lowest BCUT2D eigenvalue weighted by atomic mass is 10.1. The van der Waals surface area contributed by atoms with Crippen molar-refractivity contribution >= 4 is 23.2 Å². The molecule has 0 saturated carbocycles. The Bertz CT molecular complexity index is 573. The fraction of sp³-hybridized carbons (Fsp3) is 0.231. The van der Waals surface area contributed by atoms with Crippen LogP contribution in [0.2, 0.25) is 0 Å². The fourth-order valence-electron chi connectivity index (χ4n) is 1.71. The van der Waals surface area contributed by atoms with Crippen molar-refractivity contribution in [2.45, 2.75) is 6.92 Å². The predicted molar refractivity (Wildman–Crippen MR) is 71.5 cm³/mol. The number of carbonyl (C=O) groups excluding carboxylic acids is 1. The van der Waals surface area contributed by atoms with Crippen molar-refractivity contribution in [3.8, 4) is 11.8 Å². The van der Waals surface area contributed by atoms with Gasteiger partial charge in [-0.05, 0) is 18.6 Å². The number of nitriles is 1. The minimum Gasteiger partial charge on any atom is -0.495 e. The summed E-state index contributed by atoms with van der Waals surface area (Å²) in [6, 6.07) is 7.62. The molecule has 5 heteroatoms. The molecule has 0 amide bonds. The number of allylic oxidation sites excluding steroid dienone is 1. The number of nitrogens with one attached hydrogen (secondary N) is 1. The summed E-state index contributed by atoms with van der Waals surface area (Å²) in [7, 11) is 1.59. The van der Waals surface area contributed by atoms with Crippen molar-refractivity contribution in [1.82, 2.24) is 0 Å². The summed E-state index contributed by atoms with van der Waals surface area (Å²) in [5.74, 6) is 0.886. The third-order valence-corrected chi connectivity index (χ3v) is 3.66. The van der Waals surface area contributed by atoms with Gasteiger partial charge in [-0.1, -0.05) is 23.9 Å². The smallest absolute Gasteiger partial charge is 0.186 e. The highest BCUT2D eigenvalue weighted by Crippen LogP contribution is 2.35. The van der Waals surface area contributed by atoms with Gasteiger partial charge in [0.1, 0.15) is 17.4 Å². The molecule has 92 valence electrons. The molecule has 0 radical (unpaired) electrons. The van der Waals surface area contributed by atoms with Gasteiger partial charge in [-0.3, -0.25) is 4.79 Å². The molecule has 1 aliphatic rings. The van der Waals surface area contributed by atoms with Crippen LogP contribution in [0.25, 0.3) is 0 Å². The number of aryl methyl sites for hydroxylation is 1. The molecule has 0 spiro atoms. The van der Waals surface area contributed by atoms with E-state index in [2.05, 4.69) is 5.32 Å². The molecule has 1 aromatic rings. The van der Waals surface area contributed by atoms with Crippen molar-refractivity contribution in [2.24, 2.45) is 0 Å². The minimum atomic E-state index is -0.127. The van der Waals surface area contributed by atoms with E-state index in [1.165, 1.54) is 11.8 Å². The first kappa shape index (κ1) is 12.5. The maximum Gasteiger partial charge on any atom is 0.186 e. The Morgan fingerprint density at radius 3 is 2.94 bits per heavy atom. The highest BCUT2D eigenvalue weighted by molar-refractivity contribution is 8.04. The monoisotopic (exact) mass is 260 g/mol. The lowest BCUT2D eigenvalue weighted by Crippen LogP contribution is -2.03. The summed E-state index contributed by atoms with van der Waals surface area (Å²) >= 11 is 1.35. The van der Waals surface area contributed by atoms with Crippen molar-refractivity contribution in [2.75, 3.05) is 18.2 Å². The second-order valence-electron chi connectivity index (χ2n) is 3.80. The number of hydrogen-bond acceptors (Lipinski definition) is 5. The Morgan fingerprint density at radius 2 is 2.28 bits per heavy atom. The standard InChI is InChI=1S/C13H12N2O2S/c1-8-4-3-5-11(17-2)12(8)15-13-9(6-14)10(16)7-18-13/h3-5,15H,7H2,1-2H3. The number of rotatable bonds is 3. The van der Waals surface area contributed by atoms with Gasteiger partial charge in [0.25, 0.3) is 0 Å². The Kier molecular flexibility index (Phi) is 3.58. The van der Waals surface area contributed by atoms with Crippen molar-refractivity contribution in [3.05, 3.63) is 34.4 Å². The molecule has 18 heavy (non-hydrogen) atoms. The molecule has 0 aliphatic carbocycles. The summed E-state index contributed by atoms with van der Waals surface area (Å²) in [4.78, 5) is 11.5. The van der Waals surface area contributed by atoms with Gasteiger partial charge in [-0.15, -0.1) is 0 Å². The molecule has 0 atom stereocenters. The second-order valence-corrected chi connectivity index (χ2v) is 4.79. The minimum absolute atomic E-state index is 0.127. The van der Waals surface area contributed by atoms with Gasteiger partial charge in [-0.25, -0.2) is 0 Å². The van der Waals surface area contributed by atoms with Crippen molar-refractivity contribution in [1.29, 1.82) is 5.26 Å². The van der Waals surface area contributed by atoms with Crippen LogP contribution in [0.4, 0.5) is 5.69 Å². The summed E-state index contributed by atoms with van der Waals surface area (Å²) < 4.78 is 5.27. The number of Topliss-reactive ketones (excluding diaryl/α,β-unsaturated/α-hetero) is 1. The van der Waals surface area contributed by atoms with E-state index in [1.54, 1.807) is 7.11 Å². The topological polar surface area (TPSA) is 62.1 Å². The van der Waals surface area contributed by atoms with Crippen LogP contribution < -0.4 is 10.1 Å². The molecule has 1 N–H and O–H groups in total. The third kappa shape index (κ3) is 2.20. The average molecular weight is 260 g/mol. The summed E-state index contributed by atoms with van der Waals surface area (Å²) in [6.07, 6.45) is 0.